The molecule has 1 aliphatic heterocycles. The van der Waals surface area contributed by atoms with E-state index in [4.69, 9.17) is 0 Å². The van der Waals surface area contributed by atoms with Gasteiger partial charge in [0.15, 0.2) is 0 Å². The summed E-state index contributed by atoms with van der Waals surface area (Å²) in [4.78, 5) is 14.9. The topological polar surface area (TPSA) is 38.7 Å². The van der Waals surface area contributed by atoms with Crippen LogP contribution in [0.3, 0.4) is 0 Å². The molecule has 1 aliphatic rings. The largest absolute Gasteiger partial charge is 0.466 e. The van der Waals surface area contributed by atoms with Gasteiger partial charge < -0.3 is 4.74 Å². The van der Waals surface area contributed by atoms with Gasteiger partial charge in [0, 0.05) is 6.08 Å². The fourth-order valence-corrected chi connectivity index (χ4v) is 1.13. The third-order valence-corrected chi connectivity index (χ3v) is 1.81. The minimum absolute atomic E-state index is 0.294. The van der Waals surface area contributed by atoms with E-state index in [-0.39, 0.29) is 5.97 Å². The zero-order valence-electron chi connectivity index (χ0n) is 7.19. The molecule has 0 saturated carbocycles. The standard InChI is InChI=1S/C9H13NO2/c1-12-9(11)6-2-4-8-5-3-7-10-8/h2,6-8H,3-5H2,1H3/b6-2+/t8-/m0/s1. The number of nitrogens with zero attached hydrogens (tertiary/aromatic N) is 1. The van der Waals surface area contributed by atoms with Crippen LogP contribution in [0.4, 0.5) is 0 Å². The van der Waals surface area contributed by atoms with Crippen LogP contribution >= 0.6 is 0 Å². The summed E-state index contributed by atoms with van der Waals surface area (Å²) in [5.74, 6) is -0.294. The van der Waals surface area contributed by atoms with Crippen LogP contribution in [0.2, 0.25) is 0 Å². The Bertz CT molecular complexity index is 209. The Balaban J connectivity index is 2.20. The van der Waals surface area contributed by atoms with Gasteiger partial charge in [0.25, 0.3) is 0 Å². The molecule has 0 spiro atoms. The summed E-state index contributed by atoms with van der Waals surface area (Å²) in [7, 11) is 1.38. The van der Waals surface area contributed by atoms with E-state index in [1.807, 2.05) is 12.3 Å². The van der Waals surface area contributed by atoms with E-state index in [2.05, 4.69) is 9.73 Å². The molecule has 66 valence electrons. The number of carbonyl (C=O) groups excluding carboxylic acids is 1. The molecule has 0 aliphatic carbocycles. The van der Waals surface area contributed by atoms with E-state index in [1.54, 1.807) is 0 Å². The molecular formula is C9H13NO2. The Hall–Kier alpha value is -1.12. The van der Waals surface area contributed by atoms with Crippen molar-refractivity contribution >= 4 is 12.2 Å². The van der Waals surface area contributed by atoms with Crippen LogP contribution in [-0.2, 0) is 9.53 Å². The fraction of sp³-hybridized carbons (Fsp3) is 0.556. The highest BCUT2D eigenvalue weighted by Crippen LogP contribution is 2.11. The van der Waals surface area contributed by atoms with Crippen molar-refractivity contribution in [2.75, 3.05) is 7.11 Å². The molecule has 0 unspecified atom stereocenters. The second-order valence-corrected chi connectivity index (χ2v) is 2.72. The van der Waals surface area contributed by atoms with Crippen molar-refractivity contribution in [2.45, 2.75) is 25.3 Å². The highest BCUT2D eigenvalue weighted by molar-refractivity contribution is 5.81. The van der Waals surface area contributed by atoms with Crippen molar-refractivity contribution in [3.63, 3.8) is 0 Å². The third-order valence-electron chi connectivity index (χ3n) is 1.81. The normalized spacial score (nSPS) is 21.9. The maximum atomic E-state index is 10.6. The maximum absolute atomic E-state index is 10.6. The van der Waals surface area contributed by atoms with E-state index in [1.165, 1.54) is 13.2 Å². The van der Waals surface area contributed by atoms with E-state index in [9.17, 15) is 4.79 Å². The van der Waals surface area contributed by atoms with Gasteiger partial charge in [-0.15, -0.1) is 0 Å². The van der Waals surface area contributed by atoms with E-state index >= 15 is 0 Å². The monoisotopic (exact) mass is 167 g/mol. The van der Waals surface area contributed by atoms with Gasteiger partial charge in [-0.3, -0.25) is 4.99 Å². The van der Waals surface area contributed by atoms with Crippen LogP contribution < -0.4 is 0 Å². The number of ether oxygens (including phenoxy) is 1. The van der Waals surface area contributed by atoms with Crippen molar-refractivity contribution in [3.05, 3.63) is 12.2 Å². The van der Waals surface area contributed by atoms with Crippen LogP contribution in [0.5, 0.6) is 0 Å². The second-order valence-electron chi connectivity index (χ2n) is 2.72. The highest BCUT2D eigenvalue weighted by atomic mass is 16.5. The molecule has 3 heteroatoms. The SMILES string of the molecule is COC(=O)/C=C/C[C@H]1CCC=N1. The second kappa shape index (κ2) is 4.70. The summed E-state index contributed by atoms with van der Waals surface area (Å²) >= 11 is 0. The van der Waals surface area contributed by atoms with Gasteiger partial charge >= 0.3 is 5.97 Å². The first-order chi connectivity index (χ1) is 5.83. The van der Waals surface area contributed by atoms with Crippen molar-refractivity contribution < 1.29 is 9.53 Å². The van der Waals surface area contributed by atoms with Gasteiger partial charge in [-0.05, 0) is 25.5 Å². The molecule has 3 nitrogen and oxygen atoms in total. The maximum Gasteiger partial charge on any atom is 0.330 e. The summed E-state index contributed by atoms with van der Waals surface area (Å²) in [6.07, 6.45) is 8.22. The number of hydrogen-bond acceptors (Lipinski definition) is 3. The van der Waals surface area contributed by atoms with Crippen LogP contribution in [0, 0.1) is 0 Å². The molecule has 0 bridgehead atoms. The zero-order chi connectivity index (χ0) is 8.81. The summed E-state index contributed by atoms with van der Waals surface area (Å²) in [5.41, 5.74) is 0. The lowest BCUT2D eigenvalue weighted by molar-refractivity contribution is -0.134. The van der Waals surface area contributed by atoms with Gasteiger partial charge in [-0.25, -0.2) is 4.79 Å². The Morgan fingerprint density at radius 1 is 1.83 bits per heavy atom. The third kappa shape index (κ3) is 2.86. The van der Waals surface area contributed by atoms with E-state index in [0.717, 1.165) is 19.3 Å². The first kappa shape index (κ1) is 8.97. The number of hydrogen-bond donors (Lipinski definition) is 0. The molecule has 0 amide bonds. The molecular weight excluding hydrogens is 154 g/mol. The number of rotatable bonds is 3. The van der Waals surface area contributed by atoms with Crippen LogP contribution in [0.25, 0.3) is 0 Å². The molecule has 0 N–H and O–H groups in total. The lowest BCUT2D eigenvalue weighted by atomic mass is 10.1. The first-order valence-electron chi connectivity index (χ1n) is 4.09. The average molecular weight is 167 g/mol. The number of methoxy groups -OCH3 is 1. The van der Waals surface area contributed by atoms with Gasteiger partial charge in [0.1, 0.15) is 0 Å². The molecule has 1 rings (SSSR count). The number of esters is 1. The van der Waals surface area contributed by atoms with Crippen molar-refractivity contribution in [2.24, 2.45) is 4.99 Å². The molecule has 0 radical (unpaired) electrons. The van der Waals surface area contributed by atoms with Gasteiger partial charge in [-0.2, -0.15) is 0 Å². The summed E-state index contributed by atoms with van der Waals surface area (Å²) < 4.78 is 4.45. The molecule has 0 saturated heterocycles. The van der Waals surface area contributed by atoms with Gasteiger partial charge in [0.05, 0.1) is 13.2 Å². The Morgan fingerprint density at radius 2 is 2.67 bits per heavy atom. The molecule has 0 aromatic heterocycles. The van der Waals surface area contributed by atoms with Crippen LogP contribution in [0.1, 0.15) is 19.3 Å². The summed E-state index contributed by atoms with van der Waals surface area (Å²) in [5, 5.41) is 0. The molecule has 0 fully saturated rings. The Labute approximate surface area is 72.1 Å². The first-order valence-corrected chi connectivity index (χ1v) is 4.09. The fourth-order valence-electron chi connectivity index (χ4n) is 1.13. The summed E-state index contributed by atoms with van der Waals surface area (Å²) in [6.45, 7) is 0. The molecule has 1 atom stereocenters. The van der Waals surface area contributed by atoms with Gasteiger partial charge in [0.2, 0.25) is 0 Å². The number of aliphatic imine (C=N–C) groups is 1. The van der Waals surface area contributed by atoms with Gasteiger partial charge in [-0.1, -0.05) is 6.08 Å². The van der Waals surface area contributed by atoms with E-state index < -0.39 is 0 Å². The smallest absolute Gasteiger partial charge is 0.330 e. The Kier molecular flexibility index (Phi) is 3.51. The number of carbonyl (C=O) groups is 1. The van der Waals surface area contributed by atoms with Crippen molar-refractivity contribution in [1.82, 2.24) is 0 Å². The van der Waals surface area contributed by atoms with Crippen molar-refractivity contribution in [1.29, 1.82) is 0 Å². The van der Waals surface area contributed by atoms with Crippen molar-refractivity contribution in [3.8, 4) is 0 Å². The lowest BCUT2D eigenvalue weighted by Crippen LogP contribution is -1.98. The quantitative estimate of drug-likeness (QED) is 0.470. The highest BCUT2D eigenvalue weighted by Gasteiger charge is 2.07. The minimum atomic E-state index is -0.294. The molecule has 0 aromatic carbocycles. The molecule has 0 aromatic rings. The minimum Gasteiger partial charge on any atom is -0.466 e. The average Bonchev–Trinajstić information content (AvgIpc) is 2.57. The zero-order valence-corrected chi connectivity index (χ0v) is 7.19. The summed E-state index contributed by atoms with van der Waals surface area (Å²) in [6, 6.07) is 0.380. The molecule has 12 heavy (non-hydrogen) atoms. The Morgan fingerprint density at radius 3 is 3.25 bits per heavy atom. The predicted octanol–water partition coefficient (Wildman–Crippen LogP) is 1.34. The van der Waals surface area contributed by atoms with Crippen LogP contribution in [-0.4, -0.2) is 25.3 Å². The molecule has 1 heterocycles. The predicted molar refractivity (Wildman–Crippen MR) is 47.3 cm³/mol. The van der Waals surface area contributed by atoms with E-state index in [0.29, 0.717) is 6.04 Å². The van der Waals surface area contributed by atoms with Crippen LogP contribution in [0.15, 0.2) is 17.1 Å². The lowest BCUT2D eigenvalue weighted by Gasteiger charge is -1.99.